The first-order valence-corrected chi connectivity index (χ1v) is 14.0. The molecule has 1 aromatic carbocycles. The largest absolute Gasteiger partial charge is 0.369 e. The first-order valence-electron chi connectivity index (χ1n) is 12.7. The third-order valence-corrected chi connectivity index (χ3v) is 8.37. The summed E-state index contributed by atoms with van der Waals surface area (Å²) >= 11 is 1.62. The highest BCUT2D eigenvalue weighted by molar-refractivity contribution is 7.99. The fourth-order valence-electron chi connectivity index (χ4n) is 5.33. The van der Waals surface area contributed by atoms with Gasteiger partial charge in [-0.25, -0.2) is 0 Å². The van der Waals surface area contributed by atoms with Crippen LogP contribution in [0.1, 0.15) is 37.6 Å². The van der Waals surface area contributed by atoms with Crippen molar-refractivity contribution in [3.05, 3.63) is 29.8 Å². The molecule has 9 heteroatoms. The second kappa shape index (κ2) is 11.3. The summed E-state index contributed by atoms with van der Waals surface area (Å²) in [5, 5.41) is 3.04. The van der Waals surface area contributed by atoms with Crippen LogP contribution in [0.5, 0.6) is 0 Å². The van der Waals surface area contributed by atoms with Crippen molar-refractivity contribution in [3.63, 3.8) is 0 Å². The lowest BCUT2D eigenvalue weighted by Crippen LogP contribution is -2.52. The SMILES string of the molecule is CCN1CCN(c2ccc(C(=O)N[C@@H](CC(C)C)C(=O)N3C[C@H](SC)[C@H]4OCC(=O)[C@H]43)cc2)CC1. The Hall–Kier alpha value is -2.10. The molecule has 0 aromatic heterocycles. The number of likely N-dealkylation sites (N-methyl/N-ethyl adjacent to an activating group) is 1. The van der Waals surface area contributed by atoms with Crippen LogP contribution in [-0.2, 0) is 14.3 Å². The van der Waals surface area contributed by atoms with Gasteiger partial charge in [0.05, 0.1) is 11.4 Å². The second-order valence-corrected chi connectivity index (χ2v) is 11.2. The predicted molar refractivity (Wildman–Crippen MR) is 139 cm³/mol. The number of hydrogen-bond donors (Lipinski definition) is 1. The number of likely N-dealkylation sites (tertiary alicyclic amines) is 1. The summed E-state index contributed by atoms with van der Waals surface area (Å²) in [7, 11) is 0. The normalized spacial score (nSPS) is 25.7. The minimum atomic E-state index is -0.682. The number of anilines is 1. The van der Waals surface area contributed by atoms with Crippen molar-refractivity contribution in [2.45, 2.75) is 50.6 Å². The Morgan fingerprint density at radius 3 is 2.43 bits per heavy atom. The van der Waals surface area contributed by atoms with E-state index >= 15 is 0 Å². The van der Waals surface area contributed by atoms with Crippen molar-refractivity contribution in [1.82, 2.24) is 15.1 Å². The molecule has 1 aromatic rings. The van der Waals surface area contributed by atoms with Gasteiger partial charge in [0.15, 0.2) is 5.78 Å². The molecule has 3 heterocycles. The number of ketones is 1. The quantitative estimate of drug-likeness (QED) is 0.581. The number of hydrogen-bond acceptors (Lipinski definition) is 7. The van der Waals surface area contributed by atoms with Crippen LogP contribution in [0.3, 0.4) is 0 Å². The summed E-state index contributed by atoms with van der Waals surface area (Å²) in [6, 6.07) is 6.41. The molecular weight excluding hydrogens is 464 g/mol. The summed E-state index contributed by atoms with van der Waals surface area (Å²) in [4.78, 5) is 45.6. The number of carbonyl (C=O) groups excluding carboxylic acids is 3. The highest BCUT2D eigenvalue weighted by Crippen LogP contribution is 2.34. The topological polar surface area (TPSA) is 82.2 Å². The van der Waals surface area contributed by atoms with E-state index in [2.05, 4.69) is 22.0 Å². The van der Waals surface area contributed by atoms with E-state index in [0.29, 0.717) is 18.5 Å². The van der Waals surface area contributed by atoms with Gasteiger partial charge in [-0.3, -0.25) is 14.4 Å². The molecule has 0 bridgehead atoms. The first kappa shape index (κ1) is 26.0. The van der Waals surface area contributed by atoms with Crippen molar-refractivity contribution < 1.29 is 19.1 Å². The van der Waals surface area contributed by atoms with E-state index in [1.807, 2.05) is 44.4 Å². The van der Waals surface area contributed by atoms with E-state index in [-0.39, 0.29) is 41.5 Å². The number of fused-ring (bicyclic) bond motifs is 1. The van der Waals surface area contributed by atoms with Crippen molar-refractivity contribution >= 4 is 35.0 Å². The molecule has 0 unspecified atom stereocenters. The number of piperazine rings is 1. The third kappa shape index (κ3) is 5.67. The lowest BCUT2D eigenvalue weighted by molar-refractivity contribution is -0.138. The summed E-state index contributed by atoms with van der Waals surface area (Å²) in [6.45, 7) is 11.9. The summed E-state index contributed by atoms with van der Waals surface area (Å²) in [5.41, 5.74) is 1.64. The molecule has 0 aliphatic carbocycles. The molecular formula is C26H38N4O4S. The molecule has 1 N–H and O–H groups in total. The number of ether oxygens (including phenoxy) is 1. The van der Waals surface area contributed by atoms with Crippen LogP contribution in [0.2, 0.25) is 0 Å². The van der Waals surface area contributed by atoms with E-state index < -0.39 is 12.1 Å². The first-order chi connectivity index (χ1) is 16.8. The minimum absolute atomic E-state index is 0.0510. The maximum atomic E-state index is 13.6. The Morgan fingerprint density at radius 2 is 1.83 bits per heavy atom. The van der Waals surface area contributed by atoms with Crippen molar-refractivity contribution in [3.8, 4) is 0 Å². The summed E-state index contributed by atoms with van der Waals surface area (Å²) in [6.07, 6.45) is 2.23. The maximum Gasteiger partial charge on any atom is 0.251 e. The summed E-state index contributed by atoms with van der Waals surface area (Å²) in [5.74, 6) is -0.302. The molecule has 3 aliphatic rings. The number of nitrogens with zero attached hydrogens (tertiary/aromatic N) is 3. The number of thioether (sulfide) groups is 1. The zero-order chi connectivity index (χ0) is 25.1. The molecule has 0 spiro atoms. The van der Waals surface area contributed by atoms with Crippen LogP contribution >= 0.6 is 11.8 Å². The van der Waals surface area contributed by atoms with Gasteiger partial charge < -0.3 is 24.8 Å². The Labute approximate surface area is 212 Å². The minimum Gasteiger partial charge on any atom is -0.369 e. The molecule has 0 radical (unpaired) electrons. The van der Waals surface area contributed by atoms with E-state index in [1.165, 1.54) is 0 Å². The fourth-order valence-corrected chi connectivity index (χ4v) is 6.13. The van der Waals surface area contributed by atoms with Crippen LogP contribution in [0.4, 0.5) is 5.69 Å². The van der Waals surface area contributed by atoms with E-state index in [4.69, 9.17) is 4.74 Å². The lowest BCUT2D eigenvalue weighted by Gasteiger charge is -2.35. The van der Waals surface area contributed by atoms with Gasteiger partial charge in [-0.15, -0.1) is 0 Å². The molecule has 35 heavy (non-hydrogen) atoms. The van der Waals surface area contributed by atoms with Gasteiger partial charge in [0.1, 0.15) is 18.7 Å². The van der Waals surface area contributed by atoms with E-state index in [1.54, 1.807) is 16.7 Å². The number of carbonyl (C=O) groups is 3. The van der Waals surface area contributed by atoms with Crippen molar-refractivity contribution in [2.75, 3.05) is 57.0 Å². The van der Waals surface area contributed by atoms with Gasteiger partial charge in [0.25, 0.3) is 5.91 Å². The number of amides is 2. The Bertz CT molecular complexity index is 916. The molecule has 0 saturated carbocycles. The molecule has 2 amide bonds. The number of nitrogens with one attached hydrogen (secondary N) is 1. The maximum absolute atomic E-state index is 13.6. The molecule has 8 nitrogen and oxygen atoms in total. The van der Waals surface area contributed by atoms with Crippen LogP contribution in [0, 0.1) is 5.92 Å². The van der Waals surface area contributed by atoms with Crippen LogP contribution in [0.25, 0.3) is 0 Å². The van der Waals surface area contributed by atoms with E-state index in [0.717, 1.165) is 38.4 Å². The van der Waals surface area contributed by atoms with Gasteiger partial charge in [0.2, 0.25) is 5.91 Å². The molecule has 3 saturated heterocycles. The molecule has 4 atom stereocenters. The molecule has 3 fully saturated rings. The number of rotatable bonds is 8. The van der Waals surface area contributed by atoms with Gasteiger partial charge in [-0.05, 0) is 49.4 Å². The molecule has 3 aliphatic heterocycles. The van der Waals surface area contributed by atoms with Crippen LogP contribution in [-0.4, -0.2) is 103 Å². The number of benzene rings is 1. The smallest absolute Gasteiger partial charge is 0.251 e. The lowest BCUT2D eigenvalue weighted by atomic mass is 10.0. The summed E-state index contributed by atoms with van der Waals surface area (Å²) < 4.78 is 5.70. The van der Waals surface area contributed by atoms with Gasteiger partial charge in [-0.1, -0.05) is 20.8 Å². The Balaban J connectivity index is 1.43. The predicted octanol–water partition coefficient (Wildman–Crippen LogP) is 1.88. The Morgan fingerprint density at radius 1 is 1.14 bits per heavy atom. The van der Waals surface area contributed by atoms with Crippen LogP contribution < -0.4 is 10.2 Å². The molecule has 192 valence electrons. The highest BCUT2D eigenvalue weighted by atomic mass is 32.2. The fraction of sp³-hybridized carbons (Fsp3) is 0.654. The van der Waals surface area contributed by atoms with Crippen LogP contribution in [0.15, 0.2) is 24.3 Å². The van der Waals surface area contributed by atoms with Crippen molar-refractivity contribution in [1.29, 1.82) is 0 Å². The zero-order valence-corrected chi connectivity index (χ0v) is 22.1. The highest BCUT2D eigenvalue weighted by Gasteiger charge is 2.52. The Kier molecular flexibility index (Phi) is 8.39. The zero-order valence-electron chi connectivity index (χ0n) is 21.2. The second-order valence-electron chi connectivity index (χ2n) is 10.1. The third-order valence-electron chi connectivity index (χ3n) is 7.35. The monoisotopic (exact) mass is 502 g/mol. The number of Topliss-reactive ketones (excluding diaryl/α,β-unsaturated/α-hetero) is 1. The van der Waals surface area contributed by atoms with Gasteiger partial charge in [0, 0.05) is 44.0 Å². The average molecular weight is 503 g/mol. The van der Waals surface area contributed by atoms with Gasteiger partial charge in [-0.2, -0.15) is 11.8 Å². The van der Waals surface area contributed by atoms with Crippen molar-refractivity contribution in [2.24, 2.45) is 5.92 Å². The average Bonchev–Trinajstić information content (AvgIpc) is 3.43. The van der Waals surface area contributed by atoms with E-state index in [9.17, 15) is 14.4 Å². The molecule has 4 rings (SSSR count). The standard InChI is InChI=1S/C26H38N4O4S/c1-5-28-10-12-29(13-11-28)19-8-6-18(7-9-19)25(32)27-20(14-17(2)3)26(33)30-15-22(35-4)24-23(30)21(31)16-34-24/h6-9,17,20,22-24H,5,10-16H2,1-4H3,(H,27,32)/t20-,22-,23+,24+/m0/s1. The van der Waals surface area contributed by atoms with Gasteiger partial charge >= 0.3 is 0 Å².